The summed E-state index contributed by atoms with van der Waals surface area (Å²) in [6.45, 7) is 1.73. The van der Waals surface area contributed by atoms with E-state index in [1.54, 1.807) is 24.4 Å². The summed E-state index contributed by atoms with van der Waals surface area (Å²) < 4.78 is 20.0. The molecule has 8 heteroatoms. The Morgan fingerprint density at radius 3 is 3.04 bits per heavy atom. The second-order valence-electron chi connectivity index (χ2n) is 5.72. The maximum atomic E-state index is 14.2. The van der Waals surface area contributed by atoms with Gasteiger partial charge in [0, 0.05) is 18.0 Å². The number of benzene rings is 1. The Hall–Kier alpha value is -2.51. The average molecular weight is 360 g/mol. The van der Waals surface area contributed by atoms with Crippen molar-refractivity contribution in [3.8, 4) is 5.88 Å². The van der Waals surface area contributed by atoms with Gasteiger partial charge < -0.3 is 15.4 Å². The molecule has 0 bridgehead atoms. The van der Waals surface area contributed by atoms with Gasteiger partial charge in [-0.3, -0.25) is 0 Å². The molecule has 3 heterocycles. The monoisotopic (exact) mass is 359 g/mol. The van der Waals surface area contributed by atoms with Crippen molar-refractivity contribution in [2.45, 2.75) is 12.5 Å². The van der Waals surface area contributed by atoms with E-state index >= 15 is 0 Å². The summed E-state index contributed by atoms with van der Waals surface area (Å²) in [7, 11) is 0. The summed E-state index contributed by atoms with van der Waals surface area (Å²) >= 11 is 5.83. The maximum Gasteiger partial charge on any atom is 0.214 e. The van der Waals surface area contributed by atoms with E-state index in [2.05, 4.69) is 25.6 Å². The number of aromatic nitrogens is 3. The van der Waals surface area contributed by atoms with Crippen LogP contribution in [-0.4, -0.2) is 34.1 Å². The van der Waals surface area contributed by atoms with E-state index in [9.17, 15) is 4.39 Å². The third-order valence-corrected chi connectivity index (χ3v) is 4.30. The number of hydrogen-bond acceptors (Lipinski definition) is 6. The molecule has 0 aliphatic carbocycles. The van der Waals surface area contributed by atoms with Crippen LogP contribution in [0.4, 0.5) is 15.9 Å². The lowest BCUT2D eigenvalue weighted by Gasteiger charge is -2.13. The van der Waals surface area contributed by atoms with Crippen molar-refractivity contribution in [2.24, 2.45) is 0 Å². The van der Waals surface area contributed by atoms with Gasteiger partial charge in [0.2, 0.25) is 5.88 Å². The van der Waals surface area contributed by atoms with Crippen molar-refractivity contribution in [1.82, 2.24) is 20.3 Å². The standard InChI is InChI=1S/C17H15ClFN5O/c18-12-2-1-3-13(16(12)19)24-17-11-6-15(25-10-4-5-20-7-10)21-8-14(11)22-9-23-17/h1-3,6,8-10,20H,4-5,7H2,(H,22,23,24)/t10-/m0/s1. The highest BCUT2D eigenvalue weighted by Gasteiger charge is 2.17. The van der Waals surface area contributed by atoms with Crippen LogP contribution in [0.2, 0.25) is 5.02 Å². The largest absolute Gasteiger partial charge is 0.473 e. The van der Waals surface area contributed by atoms with Gasteiger partial charge in [0.05, 0.1) is 22.4 Å². The Labute approximate surface area is 148 Å². The van der Waals surface area contributed by atoms with Crippen LogP contribution in [0.25, 0.3) is 10.9 Å². The number of nitrogens with one attached hydrogen (secondary N) is 2. The minimum absolute atomic E-state index is 0.0442. The number of nitrogens with zero attached hydrogens (tertiary/aromatic N) is 3. The lowest BCUT2D eigenvalue weighted by Crippen LogP contribution is -2.20. The van der Waals surface area contributed by atoms with Crippen LogP contribution in [0.3, 0.4) is 0 Å². The van der Waals surface area contributed by atoms with Crippen molar-refractivity contribution in [3.63, 3.8) is 0 Å². The number of hydrogen-bond donors (Lipinski definition) is 2. The van der Waals surface area contributed by atoms with Crippen molar-refractivity contribution >= 4 is 34.0 Å². The van der Waals surface area contributed by atoms with Crippen LogP contribution in [-0.2, 0) is 0 Å². The normalized spacial score (nSPS) is 17.0. The Morgan fingerprint density at radius 2 is 2.20 bits per heavy atom. The molecule has 4 rings (SSSR count). The van der Waals surface area contributed by atoms with Crippen molar-refractivity contribution in [1.29, 1.82) is 0 Å². The quantitative estimate of drug-likeness (QED) is 0.744. The Kier molecular flexibility index (Phi) is 4.33. The predicted molar refractivity (Wildman–Crippen MR) is 93.9 cm³/mol. The van der Waals surface area contributed by atoms with E-state index < -0.39 is 5.82 Å². The Morgan fingerprint density at radius 1 is 1.28 bits per heavy atom. The van der Waals surface area contributed by atoms with Crippen LogP contribution in [0, 0.1) is 5.82 Å². The lowest BCUT2D eigenvalue weighted by atomic mass is 10.2. The number of halogens is 2. The molecule has 1 aliphatic heterocycles. The van der Waals surface area contributed by atoms with Crippen molar-refractivity contribution < 1.29 is 9.13 Å². The minimum Gasteiger partial charge on any atom is -0.473 e. The van der Waals surface area contributed by atoms with E-state index in [1.165, 1.54) is 12.4 Å². The molecule has 1 fully saturated rings. The summed E-state index contributed by atoms with van der Waals surface area (Å²) in [5, 5.41) is 6.95. The molecule has 25 heavy (non-hydrogen) atoms. The van der Waals surface area contributed by atoms with Gasteiger partial charge in [-0.05, 0) is 25.1 Å². The van der Waals surface area contributed by atoms with Gasteiger partial charge in [0.15, 0.2) is 5.82 Å². The van der Waals surface area contributed by atoms with E-state index in [1.807, 2.05) is 0 Å². The zero-order valence-electron chi connectivity index (χ0n) is 13.2. The molecule has 128 valence electrons. The SMILES string of the molecule is Fc1c(Cl)cccc1Nc1ncnc2cnc(O[C@H]3CCNC3)cc12. The molecule has 3 aromatic rings. The van der Waals surface area contributed by atoms with Crippen LogP contribution >= 0.6 is 11.6 Å². The molecule has 1 atom stereocenters. The van der Waals surface area contributed by atoms with Crippen LogP contribution < -0.4 is 15.4 Å². The van der Waals surface area contributed by atoms with Crippen LogP contribution in [0.1, 0.15) is 6.42 Å². The van der Waals surface area contributed by atoms with E-state index in [0.29, 0.717) is 22.6 Å². The molecule has 1 aromatic carbocycles. The van der Waals surface area contributed by atoms with Gasteiger partial charge in [-0.15, -0.1) is 0 Å². The zero-order valence-corrected chi connectivity index (χ0v) is 13.9. The second-order valence-corrected chi connectivity index (χ2v) is 6.13. The number of anilines is 2. The van der Waals surface area contributed by atoms with Crippen LogP contribution in [0.5, 0.6) is 5.88 Å². The number of ether oxygens (including phenoxy) is 1. The van der Waals surface area contributed by atoms with Crippen LogP contribution in [0.15, 0.2) is 36.8 Å². The highest BCUT2D eigenvalue weighted by atomic mass is 35.5. The molecule has 0 unspecified atom stereocenters. The van der Waals surface area contributed by atoms with Gasteiger partial charge in [0.25, 0.3) is 0 Å². The first-order valence-electron chi connectivity index (χ1n) is 7.90. The topological polar surface area (TPSA) is 72.0 Å². The zero-order chi connectivity index (χ0) is 17.2. The third-order valence-electron chi connectivity index (χ3n) is 4.00. The first kappa shape index (κ1) is 16.0. The molecular formula is C17H15ClFN5O. The number of fused-ring (bicyclic) bond motifs is 1. The minimum atomic E-state index is -0.529. The summed E-state index contributed by atoms with van der Waals surface area (Å²) in [5.74, 6) is 0.423. The molecule has 0 spiro atoms. The smallest absolute Gasteiger partial charge is 0.214 e. The molecular weight excluding hydrogens is 345 g/mol. The van der Waals surface area contributed by atoms with Gasteiger partial charge in [-0.2, -0.15) is 0 Å². The summed E-state index contributed by atoms with van der Waals surface area (Å²) in [6.07, 6.45) is 4.05. The fraction of sp³-hybridized carbons (Fsp3) is 0.235. The first-order valence-corrected chi connectivity index (χ1v) is 8.27. The highest BCUT2D eigenvalue weighted by Crippen LogP contribution is 2.29. The summed E-state index contributed by atoms with van der Waals surface area (Å²) in [6, 6.07) is 6.52. The van der Waals surface area contributed by atoms with Gasteiger partial charge in [0.1, 0.15) is 18.2 Å². The fourth-order valence-corrected chi connectivity index (χ4v) is 2.91. The molecule has 1 aliphatic rings. The second kappa shape index (κ2) is 6.78. The fourth-order valence-electron chi connectivity index (χ4n) is 2.73. The van der Waals surface area contributed by atoms with Gasteiger partial charge in [-0.25, -0.2) is 19.3 Å². The molecule has 0 radical (unpaired) electrons. The molecule has 0 saturated carbocycles. The predicted octanol–water partition coefficient (Wildman–Crippen LogP) is 3.30. The molecule has 1 saturated heterocycles. The first-order chi connectivity index (χ1) is 12.2. The third kappa shape index (κ3) is 3.33. The average Bonchev–Trinajstić information content (AvgIpc) is 3.12. The highest BCUT2D eigenvalue weighted by molar-refractivity contribution is 6.31. The molecule has 6 nitrogen and oxygen atoms in total. The molecule has 0 amide bonds. The lowest BCUT2D eigenvalue weighted by molar-refractivity contribution is 0.214. The van der Waals surface area contributed by atoms with Gasteiger partial charge >= 0.3 is 0 Å². The maximum absolute atomic E-state index is 14.2. The molecule has 2 aromatic heterocycles. The summed E-state index contributed by atoms with van der Waals surface area (Å²) in [5.41, 5.74) is 0.878. The Bertz CT molecular complexity index is 917. The van der Waals surface area contributed by atoms with Gasteiger partial charge in [-0.1, -0.05) is 17.7 Å². The Balaban J connectivity index is 1.69. The van der Waals surface area contributed by atoms with E-state index in [4.69, 9.17) is 16.3 Å². The van der Waals surface area contributed by atoms with E-state index in [0.717, 1.165) is 19.5 Å². The van der Waals surface area contributed by atoms with E-state index in [-0.39, 0.29) is 16.8 Å². The molecule has 2 N–H and O–H groups in total. The van der Waals surface area contributed by atoms with Crippen molar-refractivity contribution in [3.05, 3.63) is 47.6 Å². The summed E-state index contributed by atoms with van der Waals surface area (Å²) in [4.78, 5) is 12.7. The number of pyridine rings is 1. The van der Waals surface area contributed by atoms with Crippen molar-refractivity contribution in [2.75, 3.05) is 18.4 Å². The number of rotatable bonds is 4.